The van der Waals surface area contributed by atoms with Gasteiger partial charge in [-0.15, -0.1) is 0 Å². The summed E-state index contributed by atoms with van der Waals surface area (Å²) in [7, 11) is 1.87. The minimum Gasteiger partial charge on any atom is -0.392 e. The second-order valence-corrected chi connectivity index (χ2v) is 6.53. The van der Waals surface area contributed by atoms with E-state index < -0.39 is 0 Å². The van der Waals surface area contributed by atoms with Crippen molar-refractivity contribution in [3.8, 4) is 0 Å². The maximum atomic E-state index is 10.2. The Morgan fingerprint density at radius 3 is 2.65 bits per heavy atom. The van der Waals surface area contributed by atoms with Crippen molar-refractivity contribution >= 4 is 11.6 Å². The van der Waals surface area contributed by atoms with Gasteiger partial charge in [-0.2, -0.15) is 5.10 Å². The van der Waals surface area contributed by atoms with Crippen LogP contribution in [0.5, 0.6) is 0 Å². The number of hydrogen-bond donors (Lipinski definition) is 2. The molecule has 1 aliphatic rings. The van der Waals surface area contributed by atoms with Crippen molar-refractivity contribution in [3.05, 3.63) is 16.4 Å². The zero-order valence-electron chi connectivity index (χ0n) is 12.7. The number of aliphatic hydroxyl groups excluding tert-OH is 1. The third kappa shape index (κ3) is 3.54. The van der Waals surface area contributed by atoms with Crippen LogP contribution in [0.4, 0.5) is 0 Å². The van der Waals surface area contributed by atoms with Gasteiger partial charge in [-0.3, -0.25) is 4.68 Å². The summed E-state index contributed by atoms with van der Waals surface area (Å²) in [4.78, 5) is 0. The number of nitrogens with one attached hydrogen (secondary N) is 1. The number of aromatic nitrogens is 2. The standard InChI is InChI=1S/C15H26ClN3O/c1-10(2)14-12(15(16)19(3)18-14)8-17-9-13(20)11-6-4-5-7-11/h10-11,13,17,20H,4-9H2,1-3H3. The molecule has 1 aromatic rings. The zero-order chi connectivity index (χ0) is 14.7. The highest BCUT2D eigenvalue weighted by molar-refractivity contribution is 6.30. The average molecular weight is 300 g/mol. The lowest BCUT2D eigenvalue weighted by Gasteiger charge is -2.18. The summed E-state index contributed by atoms with van der Waals surface area (Å²) in [5.74, 6) is 0.821. The van der Waals surface area contributed by atoms with Crippen molar-refractivity contribution in [2.75, 3.05) is 6.54 Å². The molecule has 114 valence electrons. The van der Waals surface area contributed by atoms with Crippen molar-refractivity contribution in [3.63, 3.8) is 0 Å². The lowest BCUT2D eigenvalue weighted by molar-refractivity contribution is 0.109. The highest BCUT2D eigenvalue weighted by atomic mass is 35.5. The van der Waals surface area contributed by atoms with Gasteiger partial charge in [-0.25, -0.2) is 0 Å². The van der Waals surface area contributed by atoms with Gasteiger partial charge in [0.1, 0.15) is 5.15 Å². The van der Waals surface area contributed by atoms with Crippen LogP contribution in [0.2, 0.25) is 5.15 Å². The zero-order valence-corrected chi connectivity index (χ0v) is 13.5. The van der Waals surface area contributed by atoms with Crippen LogP contribution in [0.1, 0.15) is 56.7 Å². The van der Waals surface area contributed by atoms with Gasteiger partial charge in [-0.1, -0.05) is 38.3 Å². The smallest absolute Gasteiger partial charge is 0.131 e. The van der Waals surface area contributed by atoms with Crippen LogP contribution in [0.25, 0.3) is 0 Å². The van der Waals surface area contributed by atoms with Crippen molar-refractivity contribution in [2.24, 2.45) is 13.0 Å². The Balaban J connectivity index is 1.90. The molecule has 1 aromatic heterocycles. The SMILES string of the molecule is CC(C)c1nn(C)c(Cl)c1CNCC(O)C1CCCC1. The molecule has 1 aliphatic carbocycles. The average Bonchev–Trinajstić information content (AvgIpc) is 3.01. The molecule has 0 saturated heterocycles. The second-order valence-electron chi connectivity index (χ2n) is 6.18. The third-order valence-corrected chi connectivity index (χ3v) is 4.72. The number of aryl methyl sites for hydroxylation is 1. The van der Waals surface area contributed by atoms with Gasteiger partial charge in [-0.05, 0) is 24.7 Å². The number of nitrogens with zero attached hydrogens (tertiary/aromatic N) is 2. The summed E-state index contributed by atoms with van der Waals surface area (Å²) < 4.78 is 1.72. The van der Waals surface area contributed by atoms with E-state index in [0.29, 0.717) is 30.1 Å². The summed E-state index contributed by atoms with van der Waals surface area (Å²) in [6.07, 6.45) is 4.60. The molecule has 0 amide bonds. The molecule has 20 heavy (non-hydrogen) atoms. The minimum atomic E-state index is -0.240. The molecule has 1 unspecified atom stereocenters. The summed E-state index contributed by atoms with van der Waals surface area (Å²) in [5, 5.41) is 18.7. The van der Waals surface area contributed by atoms with Crippen LogP contribution in [0.3, 0.4) is 0 Å². The number of hydrogen-bond acceptors (Lipinski definition) is 3. The first-order chi connectivity index (χ1) is 9.50. The van der Waals surface area contributed by atoms with Gasteiger partial charge in [0, 0.05) is 25.7 Å². The van der Waals surface area contributed by atoms with Crippen molar-refractivity contribution in [1.82, 2.24) is 15.1 Å². The van der Waals surface area contributed by atoms with Crippen molar-refractivity contribution in [1.29, 1.82) is 0 Å². The van der Waals surface area contributed by atoms with Gasteiger partial charge < -0.3 is 10.4 Å². The molecule has 1 fully saturated rings. The van der Waals surface area contributed by atoms with E-state index in [1.807, 2.05) is 7.05 Å². The van der Waals surface area contributed by atoms with Gasteiger partial charge in [0.25, 0.3) is 0 Å². The Morgan fingerprint density at radius 2 is 2.05 bits per heavy atom. The maximum Gasteiger partial charge on any atom is 0.131 e. The molecule has 0 aromatic carbocycles. The van der Waals surface area contributed by atoms with Crippen LogP contribution in [-0.2, 0) is 13.6 Å². The minimum absolute atomic E-state index is 0.240. The van der Waals surface area contributed by atoms with Gasteiger partial charge >= 0.3 is 0 Å². The molecule has 0 aliphatic heterocycles. The Hall–Kier alpha value is -0.580. The van der Waals surface area contributed by atoms with Crippen LogP contribution >= 0.6 is 11.6 Å². The van der Waals surface area contributed by atoms with E-state index in [4.69, 9.17) is 11.6 Å². The molecule has 0 bridgehead atoms. The van der Waals surface area contributed by atoms with Crippen molar-refractivity contribution in [2.45, 2.75) is 58.1 Å². The van der Waals surface area contributed by atoms with E-state index in [1.165, 1.54) is 12.8 Å². The lowest BCUT2D eigenvalue weighted by Crippen LogP contribution is -2.31. The predicted octanol–water partition coefficient (Wildman–Crippen LogP) is 2.84. The lowest BCUT2D eigenvalue weighted by atomic mass is 10.0. The Bertz CT molecular complexity index is 439. The van der Waals surface area contributed by atoms with E-state index in [-0.39, 0.29) is 6.10 Å². The molecular formula is C15H26ClN3O. The normalized spacial score (nSPS) is 18.1. The number of halogens is 1. The van der Waals surface area contributed by atoms with E-state index in [0.717, 1.165) is 24.1 Å². The molecule has 5 heteroatoms. The first-order valence-corrected chi connectivity index (χ1v) is 7.98. The molecule has 0 radical (unpaired) electrons. The third-order valence-electron chi connectivity index (χ3n) is 4.25. The van der Waals surface area contributed by atoms with E-state index in [9.17, 15) is 5.11 Å². The fourth-order valence-electron chi connectivity index (χ4n) is 3.05. The summed E-state index contributed by atoms with van der Waals surface area (Å²) in [5.41, 5.74) is 2.10. The summed E-state index contributed by atoms with van der Waals surface area (Å²) in [6.45, 7) is 5.54. The Morgan fingerprint density at radius 1 is 1.40 bits per heavy atom. The Labute approximate surface area is 126 Å². The molecule has 4 nitrogen and oxygen atoms in total. The molecule has 1 saturated carbocycles. The molecular weight excluding hydrogens is 274 g/mol. The quantitative estimate of drug-likeness (QED) is 0.849. The first kappa shape index (κ1) is 15.8. The fraction of sp³-hybridized carbons (Fsp3) is 0.800. The molecule has 1 atom stereocenters. The number of aliphatic hydroxyl groups is 1. The highest BCUT2D eigenvalue weighted by Gasteiger charge is 2.23. The highest BCUT2D eigenvalue weighted by Crippen LogP contribution is 2.28. The summed E-state index contributed by atoms with van der Waals surface area (Å²) in [6, 6.07) is 0. The fourth-order valence-corrected chi connectivity index (χ4v) is 3.25. The van der Waals surface area contributed by atoms with Crippen LogP contribution in [-0.4, -0.2) is 27.5 Å². The van der Waals surface area contributed by atoms with Crippen molar-refractivity contribution < 1.29 is 5.11 Å². The predicted molar refractivity (Wildman–Crippen MR) is 82.0 cm³/mol. The van der Waals surface area contributed by atoms with Crippen LogP contribution < -0.4 is 5.32 Å². The largest absolute Gasteiger partial charge is 0.392 e. The van der Waals surface area contributed by atoms with E-state index >= 15 is 0 Å². The molecule has 2 N–H and O–H groups in total. The topological polar surface area (TPSA) is 50.1 Å². The van der Waals surface area contributed by atoms with E-state index in [2.05, 4.69) is 24.3 Å². The Kier molecular flexibility index (Phi) is 5.47. The van der Waals surface area contributed by atoms with Crippen LogP contribution in [0, 0.1) is 5.92 Å². The maximum absolute atomic E-state index is 10.2. The first-order valence-electron chi connectivity index (χ1n) is 7.60. The monoisotopic (exact) mass is 299 g/mol. The van der Waals surface area contributed by atoms with Gasteiger partial charge in [0.2, 0.25) is 0 Å². The number of rotatable bonds is 6. The van der Waals surface area contributed by atoms with E-state index in [1.54, 1.807) is 4.68 Å². The second kappa shape index (κ2) is 6.92. The summed E-state index contributed by atoms with van der Waals surface area (Å²) >= 11 is 6.30. The molecule has 0 spiro atoms. The van der Waals surface area contributed by atoms with Gasteiger partial charge in [0.05, 0.1) is 11.8 Å². The van der Waals surface area contributed by atoms with Crippen LogP contribution in [0.15, 0.2) is 0 Å². The molecule has 2 rings (SSSR count). The van der Waals surface area contributed by atoms with Gasteiger partial charge in [0.15, 0.2) is 0 Å². The molecule has 1 heterocycles.